The average Bonchev–Trinajstić information content (AvgIpc) is 2.47. The second kappa shape index (κ2) is 8.52. The number of hydrogen-bond acceptors (Lipinski definition) is 4. The first-order valence-electron chi connectivity index (χ1n) is 7.63. The van der Waals surface area contributed by atoms with Gasteiger partial charge in [-0.15, -0.1) is 0 Å². The minimum Gasteiger partial charge on any atom is -0.466 e. The number of carbonyl (C=O) groups is 2. The molecule has 0 unspecified atom stereocenters. The Kier molecular flexibility index (Phi) is 6.69. The summed E-state index contributed by atoms with van der Waals surface area (Å²) in [4.78, 5) is 25.8. The lowest BCUT2D eigenvalue weighted by Crippen LogP contribution is -2.41. The number of ether oxygens (including phenoxy) is 1. The van der Waals surface area contributed by atoms with Crippen LogP contribution in [0.5, 0.6) is 0 Å². The van der Waals surface area contributed by atoms with Crippen molar-refractivity contribution in [2.24, 2.45) is 5.92 Å². The molecule has 23 heavy (non-hydrogen) atoms. The Morgan fingerprint density at radius 1 is 1.22 bits per heavy atom. The molecule has 0 saturated carbocycles. The predicted octanol–water partition coefficient (Wildman–Crippen LogP) is 3.21. The monoisotopic (exact) mass is 358 g/mol. The summed E-state index contributed by atoms with van der Waals surface area (Å²) in [5, 5.41) is 3.73. The fourth-order valence-corrected chi connectivity index (χ4v) is 3.14. The van der Waals surface area contributed by atoms with Crippen molar-refractivity contribution in [3.8, 4) is 0 Å². The van der Waals surface area contributed by atoms with E-state index in [1.807, 2.05) is 4.90 Å². The van der Waals surface area contributed by atoms with Crippen molar-refractivity contribution < 1.29 is 14.3 Å². The minimum absolute atomic E-state index is 0.0546. The predicted molar refractivity (Wildman–Crippen MR) is 90.9 cm³/mol. The third-order valence-electron chi connectivity index (χ3n) is 3.72. The minimum atomic E-state index is -0.134. The van der Waals surface area contributed by atoms with E-state index in [1.54, 1.807) is 25.1 Å². The summed E-state index contributed by atoms with van der Waals surface area (Å²) in [6.45, 7) is 3.89. The van der Waals surface area contributed by atoms with Gasteiger partial charge in [-0.3, -0.25) is 14.5 Å². The van der Waals surface area contributed by atoms with Gasteiger partial charge >= 0.3 is 5.97 Å². The fraction of sp³-hybridized carbons (Fsp3) is 0.500. The molecule has 1 heterocycles. The Hall–Kier alpha value is -1.30. The standard InChI is InChI=1S/C16H20Cl2N2O3/c1-2-23-16(22)11-3-5-20(6-4-11)10-15(21)19-14-8-12(17)7-13(18)9-14/h7-9,11H,2-6,10H2,1H3,(H,19,21). The SMILES string of the molecule is CCOC(=O)C1CCN(CC(=O)Nc2cc(Cl)cc(Cl)c2)CC1. The van der Waals surface area contributed by atoms with Crippen LogP contribution in [0.2, 0.25) is 10.0 Å². The molecule has 1 aromatic rings. The molecule has 0 aromatic heterocycles. The van der Waals surface area contributed by atoms with Crippen molar-refractivity contribution in [1.82, 2.24) is 4.90 Å². The third kappa shape index (κ3) is 5.68. The van der Waals surface area contributed by atoms with Crippen molar-refractivity contribution in [2.75, 3.05) is 31.6 Å². The summed E-state index contributed by atoms with van der Waals surface area (Å²) in [7, 11) is 0. The quantitative estimate of drug-likeness (QED) is 0.821. The summed E-state index contributed by atoms with van der Waals surface area (Å²) < 4.78 is 5.04. The van der Waals surface area contributed by atoms with Crippen LogP contribution in [0.25, 0.3) is 0 Å². The van der Waals surface area contributed by atoms with Gasteiger partial charge in [0.05, 0.1) is 19.1 Å². The summed E-state index contributed by atoms with van der Waals surface area (Å²) in [5.41, 5.74) is 0.578. The highest BCUT2D eigenvalue weighted by Gasteiger charge is 2.26. The molecule has 0 aliphatic carbocycles. The van der Waals surface area contributed by atoms with Gasteiger partial charge in [0.1, 0.15) is 0 Å². The van der Waals surface area contributed by atoms with Crippen molar-refractivity contribution in [1.29, 1.82) is 0 Å². The van der Waals surface area contributed by atoms with Crippen molar-refractivity contribution in [2.45, 2.75) is 19.8 Å². The number of piperidine rings is 1. The van der Waals surface area contributed by atoms with Crippen molar-refractivity contribution in [3.05, 3.63) is 28.2 Å². The lowest BCUT2D eigenvalue weighted by Gasteiger charge is -2.30. The highest BCUT2D eigenvalue weighted by atomic mass is 35.5. The number of nitrogens with one attached hydrogen (secondary N) is 1. The molecule has 1 amide bonds. The summed E-state index contributed by atoms with van der Waals surface area (Å²) >= 11 is 11.8. The average molecular weight is 359 g/mol. The first kappa shape index (κ1) is 18.0. The number of hydrogen-bond donors (Lipinski definition) is 1. The Labute approximate surface area is 145 Å². The molecule has 2 rings (SSSR count). The number of anilines is 1. The van der Waals surface area contributed by atoms with Crippen molar-refractivity contribution in [3.63, 3.8) is 0 Å². The highest BCUT2D eigenvalue weighted by Crippen LogP contribution is 2.23. The molecule has 1 N–H and O–H groups in total. The fourth-order valence-electron chi connectivity index (χ4n) is 2.62. The number of amides is 1. The molecule has 1 aliphatic rings. The molecular weight excluding hydrogens is 339 g/mol. The van der Waals surface area contributed by atoms with Crippen LogP contribution in [0.15, 0.2) is 18.2 Å². The van der Waals surface area contributed by atoms with E-state index in [9.17, 15) is 9.59 Å². The first-order chi connectivity index (χ1) is 11.0. The molecule has 7 heteroatoms. The van der Waals surface area contributed by atoms with E-state index in [4.69, 9.17) is 27.9 Å². The lowest BCUT2D eigenvalue weighted by molar-refractivity contribution is -0.149. The maximum Gasteiger partial charge on any atom is 0.309 e. The van der Waals surface area contributed by atoms with E-state index in [1.165, 1.54) is 0 Å². The Bertz CT molecular complexity index is 552. The molecule has 0 spiro atoms. The smallest absolute Gasteiger partial charge is 0.309 e. The third-order valence-corrected chi connectivity index (χ3v) is 4.16. The van der Waals surface area contributed by atoms with E-state index in [2.05, 4.69) is 5.32 Å². The number of nitrogens with zero attached hydrogens (tertiary/aromatic N) is 1. The van der Waals surface area contributed by atoms with Gasteiger partial charge in [0.15, 0.2) is 0 Å². The maximum absolute atomic E-state index is 12.1. The molecule has 0 radical (unpaired) electrons. The molecular formula is C16H20Cl2N2O3. The summed E-state index contributed by atoms with van der Waals surface area (Å²) in [6, 6.07) is 4.91. The van der Waals surface area contributed by atoms with Crippen LogP contribution in [0, 0.1) is 5.92 Å². The second-order valence-electron chi connectivity index (χ2n) is 5.51. The largest absolute Gasteiger partial charge is 0.466 e. The molecule has 1 aliphatic heterocycles. The molecule has 0 bridgehead atoms. The van der Waals surface area contributed by atoms with E-state index in [0.29, 0.717) is 35.4 Å². The van der Waals surface area contributed by atoms with Gasteiger partial charge in [0.25, 0.3) is 0 Å². The maximum atomic E-state index is 12.1. The van der Waals surface area contributed by atoms with Crippen LogP contribution in [-0.4, -0.2) is 43.0 Å². The normalized spacial score (nSPS) is 16.1. The lowest BCUT2D eigenvalue weighted by atomic mass is 9.97. The second-order valence-corrected chi connectivity index (χ2v) is 6.38. The van der Waals surface area contributed by atoms with Gasteiger partial charge in [-0.05, 0) is 51.1 Å². The van der Waals surface area contributed by atoms with E-state index < -0.39 is 0 Å². The van der Waals surface area contributed by atoms with Gasteiger partial charge < -0.3 is 10.1 Å². The van der Waals surface area contributed by atoms with Gasteiger partial charge in [0, 0.05) is 15.7 Å². The Balaban J connectivity index is 1.79. The van der Waals surface area contributed by atoms with Gasteiger partial charge in [-0.1, -0.05) is 23.2 Å². The zero-order valence-corrected chi connectivity index (χ0v) is 14.5. The summed E-state index contributed by atoms with van der Waals surface area (Å²) in [6.07, 6.45) is 1.43. The van der Waals surface area contributed by atoms with E-state index >= 15 is 0 Å². The van der Waals surface area contributed by atoms with Gasteiger partial charge in [0.2, 0.25) is 5.91 Å². The van der Waals surface area contributed by atoms with Gasteiger partial charge in [-0.25, -0.2) is 0 Å². The summed E-state index contributed by atoms with van der Waals surface area (Å²) in [5.74, 6) is -0.316. The zero-order chi connectivity index (χ0) is 16.8. The van der Waals surface area contributed by atoms with Crippen LogP contribution >= 0.6 is 23.2 Å². The number of likely N-dealkylation sites (tertiary alicyclic amines) is 1. The number of esters is 1. The topological polar surface area (TPSA) is 58.6 Å². The molecule has 0 atom stereocenters. The molecule has 1 aromatic carbocycles. The highest BCUT2D eigenvalue weighted by molar-refractivity contribution is 6.35. The molecule has 126 valence electrons. The molecule has 1 saturated heterocycles. The Morgan fingerprint density at radius 2 is 1.83 bits per heavy atom. The van der Waals surface area contributed by atoms with Gasteiger partial charge in [-0.2, -0.15) is 0 Å². The molecule has 5 nitrogen and oxygen atoms in total. The van der Waals surface area contributed by atoms with Crippen LogP contribution < -0.4 is 5.32 Å². The number of halogens is 2. The van der Waals surface area contributed by atoms with E-state index in [0.717, 1.165) is 12.8 Å². The number of rotatable bonds is 5. The first-order valence-corrected chi connectivity index (χ1v) is 8.38. The number of benzene rings is 1. The number of carbonyl (C=O) groups excluding carboxylic acids is 2. The van der Waals surface area contributed by atoms with Crippen LogP contribution in [0.1, 0.15) is 19.8 Å². The molecule has 1 fully saturated rings. The van der Waals surface area contributed by atoms with E-state index in [-0.39, 0.29) is 24.3 Å². The van der Waals surface area contributed by atoms with Crippen LogP contribution in [0.3, 0.4) is 0 Å². The zero-order valence-electron chi connectivity index (χ0n) is 13.0. The van der Waals surface area contributed by atoms with Crippen LogP contribution in [0.4, 0.5) is 5.69 Å². The van der Waals surface area contributed by atoms with Crippen LogP contribution in [-0.2, 0) is 14.3 Å². The Morgan fingerprint density at radius 3 is 2.39 bits per heavy atom. The van der Waals surface area contributed by atoms with Crippen molar-refractivity contribution >= 4 is 40.8 Å².